The number of nitrogens with zero attached hydrogens (tertiary/aromatic N) is 3. The normalized spacial score (nSPS) is 19.3. The van der Waals surface area contributed by atoms with Crippen LogP contribution in [0.5, 0.6) is 11.5 Å². The maximum Gasteiger partial charge on any atom is 0.274 e. The average molecular weight is 488 g/mol. The standard InChI is InChI=1S/C23H25N3O5S2/c1-30-20-10-15-5-7-25(13-16(15)11-21(20)31-2)23(27)18-12-19(22-4-3-8-32-22)26(24-18)17-6-9-33(28,29)14-17/h3-4,8,10-12,17H,5-7,9,13-14H2,1-2H3/t17-/m1/s1. The average Bonchev–Trinajstić information content (AvgIpc) is 3.56. The molecule has 1 atom stereocenters. The number of benzene rings is 1. The first-order valence-corrected chi connectivity index (χ1v) is 13.5. The molecule has 0 spiro atoms. The second kappa shape index (κ2) is 8.49. The van der Waals surface area contributed by atoms with Gasteiger partial charge in [0.05, 0.1) is 42.3 Å². The lowest BCUT2D eigenvalue weighted by molar-refractivity contribution is 0.0727. The predicted molar refractivity (Wildman–Crippen MR) is 126 cm³/mol. The second-order valence-corrected chi connectivity index (χ2v) is 11.5. The third-order valence-electron chi connectivity index (χ3n) is 6.29. The van der Waals surface area contributed by atoms with Crippen molar-refractivity contribution in [1.82, 2.24) is 14.7 Å². The van der Waals surface area contributed by atoms with Gasteiger partial charge in [0.1, 0.15) is 0 Å². The summed E-state index contributed by atoms with van der Waals surface area (Å²) < 4.78 is 36.7. The van der Waals surface area contributed by atoms with Crippen molar-refractivity contribution < 1.29 is 22.7 Å². The predicted octanol–water partition coefficient (Wildman–Crippen LogP) is 3.19. The maximum absolute atomic E-state index is 13.4. The van der Waals surface area contributed by atoms with E-state index in [9.17, 15) is 13.2 Å². The molecule has 3 aromatic rings. The Morgan fingerprint density at radius 1 is 1.15 bits per heavy atom. The summed E-state index contributed by atoms with van der Waals surface area (Å²) in [6.07, 6.45) is 1.22. The zero-order chi connectivity index (χ0) is 23.2. The van der Waals surface area contributed by atoms with Crippen LogP contribution >= 0.6 is 11.3 Å². The molecule has 2 aliphatic heterocycles. The molecule has 0 saturated carbocycles. The van der Waals surface area contributed by atoms with Crippen LogP contribution in [0.15, 0.2) is 35.7 Å². The molecule has 0 aliphatic carbocycles. The summed E-state index contributed by atoms with van der Waals surface area (Å²) in [7, 11) is 0.125. The Balaban J connectivity index is 1.45. The molecular formula is C23H25N3O5S2. The van der Waals surface area contributed by atoms with E-state index in [1.165, 1.54) is 0 Å². The SMILES string of the molecule is COc1cc2c(cc1OC)CN(C(=O)c1cc(-c3cccs3)n([C@@H]3CCS(=O)(=O)C3)n1)CC2. The van der Waals surface area contributed by atoms with Crippen molar-refractivity contribution in [2.24, 2.45) is 0 Å². The number of fused-ring (bicyclic) bond motifs is 1. The third-order valence-corrected chi connectivity index (χ3v) is 8.93. The minimum atomic E-state index is -3.08. The molecule has 1 aromatic carbocycles. The number of carbonyl (C=O) groups is 1. The van der Waals surface area contributed by atoms with E-state index in [2.05, 4.69) is 5.10 Å². The van der Waals surface area contributed by atoms with Crippen LogP contribution in [-0.2, 0) is 22.8 Å². The van der Waals surface area contributed by atoms with Crippen LogP contribution in [-0.4, -0.2) is 61.3 Å². The highest BCUT2D eigenvalue weighted by atomic mass is 32.2. The Bertz CT molecular complexity index is 1300. The smallest absolute Gasteiger partial charge is 0.274 e. The molecule has 8 nitrogen and oxygen atoms in total. The molecule has 10 heteroatoms. The molecular weight excluding hydrogens is 462 g/mol. The molecule has 1 saturated heterocycles. The van der Waals surface area contributed by atoms with Gasteiger partial charge in [0.2, 0.25) is 0 Å². The number of hydrogen-bond acceptors (Lipinski definition) is 7. The van der Waals surface area contributed by atoms with Gasteiger partial charge in [-0.15, -0.1) is 11.3 Å². The van der Waals surface area contributed by atoms with Gasteiger partial charge in [0.25, 0.3) is 5.91 Å². The van der Waals surface area contributed by atoms with Crippen LogP contribution in [0, 0.1) is 0 Å². The van der Waals surface area contributed by atoms with E-state index in [4.69, 9.17) is 9.47 Å². The van der Waals surface area contributed by atoms with Crippen molar-refractivity contribution in [3.63, 3.8) is 0 Å². The number of methoxy groups -OCH3 is 2. The summed E-state index contributed by atoms with van der Waals surface area (Å²) in [5.41, 5.74) is 3.29. The van der Waals surface area contributed by atoms with Crippen LogP contribution in [0.4, 0.5) is 0 Å². The van der Waals surface area contributed by atoms with E-state index in [0.29, 0.717) is 43.1 Å². The van der Waals surface area contributed by atoms with Gasteiger partial charge < -0.3 is 14.4 Å². The molecule has 0 bridgehead atoms. The zero-order valence-corrected chi connectivity index (χ0v) is 20.1. The van der Waals surface area contributed by atoms with E-state index in [1.54, 1.807) is 41.2 Å². The highest BCUT2D eigenvalue weighted by Crippen LogP contribution is 2.35. The Labute approximate surface area is 196 Å². The number of carbonyl (C=O) groups excluding carboxylic acids is 1. The fourth-order valence-electron chi connectivity index (χ4n) is 4.57. The van der Waals surface area contributed by atoms with Gasteiger partial charge in [-0.3, -0.25) is 9.48 Å². The van der Waals surface area contributed by atoms with Gasteiger partial charge in [-0.25, -0.2) is 8.42 Å². The van der Waals surface area contributed by atoms with Crippen LogP contribution in [0.3, 0.4) is 0 Å². The van der Waals surface area contributed by atoms with Gasteiger partial charge in [0.15, 0.2) is 27.0 Å². The maximum atomic E-state index is 13.4. The number of amides is 1. The Kier molecular flexibility index (Phi) is 5.65. The molecule has 1 amide bonds. The van der Waals surface area contributed by atoms with E-state index in [0.717, 1.165) is 21.7 Å². The summed E-state index contributed by atoms with van der Waals surface area (Å²) in [5, 5.41) is 6.59. The molecule has 4 heterocycles. The Morgan fingerprint density at radius 3 is 2.55 bits per heavy atom. The quantitative estimate of drug-likeness (QED) is 0.549. The third kappa shape index (κ3) is 4.13. The molecule has 0 radical (unpaired) electrons. The minimum Gasteiger partial charge on any atom is -0.493 e. The summed E-state index contributed by atoms with van der Waals surface area (Å²) >= 11 is 1.55. The number of aromatic nitrogens is 2. The molecule has 5 rings (SSSR count). The highest BCUT2D eigenvalue weighted by Gasteiger charge is 2.33. The molecule has 2 aliphatic rings. The number of rotatable bonds is 5. The molecule has 174 valence electrons. The summed E-state index contributed by atoms with van der Waals surface area (Å²) in [6.45, 7) is 1.02. The first-order chi connectivity index (χ1) is 15.9. The zero-order valence-electron chi connectivity index (χ0n) is 18.5. The van der Waals surface area contributed by atoms with Gasteiger partial charge >= 0.3 is 0 Å². The lowest BCUT2D eigenvalue weighted by Gasteiger charge is -2.29. The number of sulfone groups is 1. The van der Waals surface area contributed by atoms with Gasteiger partial charge in [-0.05, 0) is 53.6 Å². The summed E-state index contributed by atoms with van der Waals surface area (Å²) in [6, 6.07) is 9.34. The first kappa shape index (κ1) is 22.0. The summed E-state index contributed by atoms with van der Waals surface area (Å²) in [4.78, 5) is 16.2. The molecule has 2 aromatic heterocycles. The van der Waals surface area contributed by atoms with Crippen molar-refractivity contribution in [1.29, 1.82) is 0 Å². The fourth-order valence-corrected chi connectivity index (χ4v) is 7.00. The van der Waals surface area contributed by atoms with Crippen LogP contribution in [0.2, 0.25) is 0 Å². The molecule has 1 fully saturated rings. The highest BCUT2D eigenvalue weighted by molar-refractivity contribution is 7.91. The van der Waals surface area contributed by atoms with E-state index < -0.39 is 9.84 Å². The second-order valence-electron chi connectivity index (χ2n) is 8.35. The van der Waals surface area contributed by atoms with Crippen molar-refractivity contribution >= 4 is 27.1 Å². The largest absolute Gasteiger partial charge is 0.493 e. The number of hydrogen-bond donors (Lipinski definition) is 0. The molecule has 33 heavy (non-hydrogen) atoms. The van der Waals surface area contributed by atoms with Crippen LogP contribution < -0.4 is 9.47 Å². The molecule has 0 unspecified atom stereocenters. The fraction of sp³-hybridized carbons (Fsp3) is 0.391. The van der Waals surface area contributed by atoms with Crippen molar-refractivity contribution in [2.75, 3.05) is 32.3 Å². The van der Waals surface area contributed by atoms with Crippen LogP contribution in [0.25, 0.3) is 10.6 Å². The molecule has 0 N–H and O–H groups in total. The van der Waals surface area contributed by atoms with Gasteiger partial charge in [-0.2, -0.15) is 5.10 Å². The Hall–Kier alpha value is -2.85. The monoisotopic (exact) mass is 487 g/mol. The number of thiophene rings is 1. The van der Waals surface area contributed by atoms with Crippen molar-refractivity contribution in [3.8, 4) is 22.1 Å². The van der Waals surface area contributed by atoms with Gasteiger partial charge in [0, 0.05) is 13.1 Å². The van der Waals surface area contributed by atoms with E-state index in [1.807, 2.05) is 29.6 Å². The van der Waals surface area contributed by atoms with E-state index >= 15 is 0 Å². The topological polar surface area (TPSA) is 90.7 Å². The van der Waals surface area contributed by atoms with Crippen molar-refractivity contribution in [2.45, 2.75) is 25.4 Å². The van der Waals surface area contributed by atoms with Crippen molar-refractivity contribution in [3.05, 3.63) is 52.5 Å². The van der Waals surface area contributed by atoms with Gasteiger partial charge in [-0.1, -0.05) is 6.07 Å². The lowest BCUT2D eigenvalue weighted by Crippen LogP contribution is -2.36. The van der Waals surface area contributed by atoms with Crippen LogP contribution in [0.1, 0.15) is 34.1 Å². The lowest BCUT2D eigenvalue weighted by atomic mass is 9.98. The minimum absolute atomic E-state index is 0.0550. The Morgan fingerprint density at radius 2 is 1.91 bits per heavy atom. The first-order valence-electron chi connectivity index (χ1n) is 10.8. The van der Waals surface area contributed by atoms with E-state index in [-0.39, 0.29) is 23.5 Å². The summed E-state index contributed by atoms with van der Waals surface area (Å²) in [5.74, 6) is 1.37. The number of ether oxygens (including phenoxy) is 2.